The molecule has 2 rings (SSSR count). The number of ether oxygens (including phenoxy) is 1. The maximum Gasteiger partial charge on any atom is 0.242 e. The molecule has 2 atom stereocenters. The van der Waals surface area contributed by atoms with Gasteiger partial charge in [0.25, 0.3) is 0 Å². The Morgan fingerprint density at radius 3 is 2.85 bits per heavy atom. The van der Waals surface area contributed by atoms with Crippen LogP contribution in [0.2, 0.25) is 0 Å². The molecule has 1 heterocycles. The van der Waals surface area contributed by atoms with Gasteiger partial charge in [0, 0.05) is 5.56 Å². The summed E-state index contributed by atoms with van der Waals surface area (Å²) in [5, 5.41) is 0. The maximum atomic E-state index is 11.6. The number of piperidine rings is 1. The molecular weight excluding hydrogens is 254 g/mol. The molecule has 1 aliphatic rings. The first-order valence-electron chi connectivity index (χ1n) is 7.28. The number of carbonyl (C=O) groups is 1. The fourth-order valence-electron chi connectivity index (χ4n) is 2.81. The predicted octanol–water partition coefficient (Wildman–Crippen LogP) is -0.130. The summed E-state index contributed by atoms with van der Waals surface area (Å²) in [7, 11) is 0. The molecule has 1 saturated heterocycles. The number of carbonyl (C=O) groups excluding carboxylic acids is 1. The van der Waals surface area contributed by atoms with Crippen molar-refractivity contribution in [2.45, 2.75) is 26.3 Å². The second-order valence-electron chi connectivity index (χ2n) is 5.31. The highest BCUT2D eigenvalue weighted by Crippen LogP contribution is 2.12. The van der Waals surface area contributed by atoms with Gasteiger partial charge in [0.2, 0.25) is 5.91 Å². The number of likely N-dealkylation sites (tertiary alicyclic amines) is 1. The summed E-state index contributed by atoms with van der Waals surface area (Å²) in [5.74, 6) is 6.15. The second kappa shape index (κ2) is 7.26. The molecule has 1 aromatic carbocycles. The van der Waals surface area contributed by atoms with Crippen LogP contribution in [0.15, 0.2) is 24.3 Å². The van der Waals surface area contributed by atoms with Gasteiger partial charge >= 0.3 is 0 Å². The van der Waals surface area contributed by atoms with Crippen LogP contribution in [0, 0.1) is 5.92 Å². The molecule has 1 fully saturated rings. The van der Waals surface area contributed by atoms with Crippen LogP contribution in [-0.4, -0.2) is 25.6 Å². The predicted molar refractivity (Wildman–Crippen MR) is 77.1 cm³/mol. The molecule has 4 N–H and O–H groups in total. The number of rotatable bonds is 5. The van der Waals surface area contributed by atoms with Crippen molar-refractivity contribution >= 4 is 5.91 Å². The minimum atomic E-state index is -0.0334. The van der Waals surface area contributed by atoms with Crippen LogP contribution in [0.25, 0.3) is 0 Å². The minimum Gasteiger partial charge on any atom is -0.494 e. The van der Waals surface area contributed by atoms with Crippen LogP contribution < -0.4 is 20.9 Å². The molecule has 5 nitrogen and oxygen atoms in total. The third-order valence-corrected chi connectivity index (χ3v) is 3.82. The van der Waals surface area contributed by atoms with Crippen LogP contribution in [0.3, 0.4) is 0 Å². The lowest BCUT2D eigenvalue weighted by Gasteiger charge is -2.28. The standard InChI is InChI=1S/C15H23N3O2/c1-2-20-14-7-5-12(6-8-14)10-18-9-3-4-13(11-18)15(19)17-16/h5-8,13H,2-4,9-11,16H2,1H3,(H,17,19)/p+1/t13-/m1/s1. The quantitative estimate of drug-likeness (QED) is 0.399. The van der Waals surface area contributed by atoms with Crippen molar-refractivity contribution in [3.05, 3.63) is 29.8 Å². The van der Waals surface area contributed by atoms with Gasteiger partial charge in [-0.1, -0.05) is 0 Å². The molecular formula is C15H24N3O2+. The first kappa shape index (κ1) is 14.8. The molecule has 1 unspecified atom stereocenters. The molecule has 0 aliphatic carbocycles. The van der Waals surface area contributed by atoms with E-state index in [-0.39, 0.29) is 11.8 Å². The fraction of sp³-hybridized carbons (Fsp3) is 0.533. The number of hydrogen-bond acceptors (Lipinski definition) is 3. The zero-order chi connectivity index (χ0) is 14.4. The van der Waals surface area contributed by atoms with Crippen molar-refractivity contribution in [2.24, 2.45) is 11.8 Å². The third kappa shape index (κ3) is 3.95. The van der Waals surface area contributed by atoms with E-state index in [9.17, 15) is 4.79 Å². The Hall–Kier alpha value is -1.59. The largest absolute Gasteiger partial charge is 0.494 e. The number of nitrogens with one attached hydrogen (secondary N) is 2. The van der Waals surface area contributed by atoms with E-state index < -0.39 is 0 Å². The third-order valence-electron chi connectivity index (χ3n) is 3.82. The van der Waals surface area contributed by atoms with Gasteiger partial charge in [-0.3, -0.25) is 10.2 Å². The molecule has 0 radical (unpaired) electrons. The number of quaternary nitrogens is 1. The van der Waals surface area contributed by atoms with Crippen LogP contribution in [0.4, 0.5) is 0 Å². The van der Waals surface area contributed by atoms with Crippen molar-refractivity contribution in [3.8, 4) is 5.75 Å². The van der Waals surface area contributed by atoms with E-state index in [1.165, 1.54) is 10.5 Å². The Kier molecular flexibility index (Phi) is 5.38. The molecule has 1 amide bonds. The average molecular weight is 278 g/mol. The maximum absolute atomic E-state index is 11.6. The lowest BCUT2D eigenvalue weighted by Crippen LogP contribution is -3.12. The highest BCUT2D eigenvalue weighted by Gasteiger charge is 2.28. The molecule has 1 aliphatic heterocycles. The zero-order valence-electron chi connectivity index (χ0n) is 12.0. The molecule has 110 valence electrons. The molecule has 5 heteroatoms. The van der Waals surface area contributed by atoms with Crippen LogP contribution in [0.1, 0.15) is 25.3 Å². The van der Waals surface area contributed by atoms with Gasteiger partial charge in [-0.05, 0) is 44.0 Å². The smallest absolute Gasteiger partial charge is 0.242 e. The van der Waals surface area contributed by atoms with Crippen LogP contribution in [0.5, 0.6) is 5.75 Å². The highest BCUT2D eigenvalue weighted by molar-refractivity contribution is 5.78. The van der Waals surface area contributed by atoms with Crippen molar-refractivity contribution < 1.29 is 14.4 Å². The van der Waals surface area contributed by atoms with E-state index in [1.54, 1.807) is 0 Å². The summed E-state index contributed by atoms with van der Waals surface area (Å²) < 4.78 is 5.44. The first-order valence-corrected chi connectivity index (χ1v) is 7.28. The highest BCUT2D eigenvalue weighted by atomic mass is 16.5. The Morgan fingerprint density at radius 1 is 1.45 bits per heavy atom. The number of hydrazine groups is 1. The van der Waals surface area contributed by atoms with E-state index in [1.807, 2.05) is 19.1 Å². The van der Waals surface area contributed by atoms with Gasteiger partial charge in [-0.25, -0.2) is 5.84 Å². The number of benzene rings is 1. The first-order chi connectivity index (χ1) is 9.72. The number of nitrogens with two attached hydrogens (primary N) is 1. The number of hydrogen-bond donors (Lipinski definition) is 3. The van der Waals surface area contributed by atoms with E-state index in [2.05, 4.69) is 17.6 Å². The fourth-order valence-corrected chi connectivity index (χ4v) is 2.81. The van der Waals surface area contributed by atoms with E-state index >= 15 is 0 Å². The van der Waals surface area contributed by atoms with Crippen molar-refractivity contribution in [2.75, 3.05) is 19.7 Å². The average Bonchev–Trinajstić information content (AvgIpc) is 2.49. The lowest BCUT2D eigenvalue weighted by molar-refractivity contribution is -0.921. The van der Waals surface area contributed by atoms with E-state index in [4.69, 9.17) is 10.6 Å². The summed E-state index contributed by atoms with van der Waals surface area (Å²) in [6.45, 7) is 5.58. The molecule has 0 bridgehead atoms. The summed E-state index contributed by atoms with van der Waals surface area (Å²) in [6, 6.07) is 8.22. The molecule has 1 aromatic rings. The van der Waals surface area contributed by atoms with Crippen LogP contribution >= 0.6 is 0 Å². The normalized spacial score (nSPS) is 22.3. The zero-order valence-corrected chi connectivity index (χ0v) is 12.0. The van der Waals surface area contributed by atoms with Gasteiger partial charge in [0.15, 0.2) is 0 Å². The topological polar surface area (TPSA) is 68.8 Å². The van der Waals surface area contributed by atoms with Gasteiger partial charge in [-0.15, -0.1) is 0 Å². The van der Waals surface area contributed by atoms with Crippen LogP contribution in [-0.2, 0) is 11.3 Å². The second-order valence-corrected chi connectivity index (χ2v) is 5.31. The lowest BCUT2D eigenvalue weighted by atomic mass is 9.97. The van der Waals surface area contributed by atoms with Crippen molar-refractivity contribution in [1.29, 1.82) is 0 Å². The monoisotopic (exact) mass is 278 g/mol. The Balaban J connectivity index is 1.90. The van der Waals surface area contributed by atoms with E-state index in [0.717, 1.165) is 38.2 Å². The Labute approximate surface area is 120 Å². The molecule has 0 saturated carbocycles. The van der Waals surface area contributed by atoms with Gasteiger partial charge in [0.1, 0.15) is 12.3 Å². The Morgan fingerprint density at radius 2 is 2.20 bits per heavy atom. The number of amides is 1. The summed E-state index contributed by atoms with van der Waals surface area (Å²) in [6.07, 6.45) is 2.01. The molecule has 20 heavy (non-hydrogen) atoms. The SMILES string of the molecule is CCOc1ccc(C[NH+]2CCC[C@@H](C(=O)NN)C2)cc1. The van der Waals surface area contributed by atoms with Crippen molar-refractivity contribution in [3.63, 3.8) is 0 Å². The van der Waals surface area contributed by atoms with Gasteiger partial charge in [0.05, 0.1) is 25.6 Å². The Bertz CT molecular complexity index is 433. The summed E-state index contributed by atoms with van der Waals surface area (Å²) >= 11 is 0. The van der Waals surface area contributed by atoms with Gasteiger partial charge in [-0.2, -0.15) is 0 Å². The van der Waals surface area contributed by atoms with Crippen molar-refractivity contribution in [1.82, 2.24) is 5.43 Å². The summed E-state index contributed by atoms with van der Waals surface area (Å²) in [4.78, 5) is 13.1. The van der Waals surface area contributed by atoms with E-state index in [0.29, 0.717) is 6.61 Å². The minimum absolute atomic E-state index is 0.0334. The summed E-state index contributed by atoms with van der Waals surface area (Å²) in [5.41, 5.74) is 3.55. The molecule has 0 aromatic heterocycles. The van der Waals surface area contributed by atoms with Gasteiger partial charge < -0.3 is 9.64 Å². The molecule has 0 spiro atoms.